The molecule has 0 fully saturated rings. The van der Waals surface area contributed by atoms with Gasteiger partial charge in [0, 0.05) is 18.0 Å². The summed E-state index contributed by atoms with van der Waals surface area (Å²) in [5.74, 6) is 1.07. The zero-order valence-electron chi connectivity index (χ0n) is 11.1. The van der Waals surface area contributed by atoms with Crippen molar-refractivity contribution in [2.75, 3.05) is 17.3 Å². The topological polar surface area (TPSA) is 53.9 Å². The summed E-state index contributed by atoms with van der Waals surface area (Å²) >= 11 is 7.65. The molecule has 0 atom stereocenters. The molecule has 0 bridgehead atoms. The Labute approximate surface area is 121 Å². The van der Waals surface area contributed by atoms with Crippen LogP contribution < -0.4 is 10.2 Å². The normalized spacial score (nSPS) is 10.8. The van der Waals surface area contributed by atoms with Crippen molar-refractivity contribution in [3.05, 3.63) is 27.7 Å². The predicted molar refractivity (Wildman–Crippen MR) is 80.0 cm³/mol. The summed E-state index contributed by atoms with van der Waals surface area (Å²) in [5.41, 5.74) is 0. The number of aromatic nitrogens is 3. The van der Waals surface area contributed by atoms with Gasteiger partial charge in [-0.15, -0.1) is 11.3 Å². The Bertz CT molecular complexity index is 529. The van der Waals surface area contributed by atoms with Gasteiger partial charge in [-0.3, -0.25) is 0 Å². The van der Waals surface area contributed by atoms with Gasteiger partial charge in [0.2, 0.25) is 17.2 Å². The number of thiophene rings is 1. The molecule has 2 aromatic heterocycles. The molecule has 2 heterocycles. The molecule has 0 aliphatic rings. The Morgan fingerprint density at radius 2 is 2.16 bits per heavy atom. The first kappa shape index (κ1) is 14.0. The fraction of sp³-hybridized carbons (Fsp3) is 0.417. The van der Waals surface area contributed by atoms with Crippen LogP contribution in [0, 0.1) is 0 Å². The molecule has 7 heteroatoms. The van der Waals surface area contributed by atoms with Crippen molar-refractivity contribution in [3.8, 4) is 0 Å². The third kappa shape index (κ3) is 3.54. The van der Waals surface area contributed by atoms with E-state index in [0.717, 1.165) is 6.54 Å². The van der Waals surface area contributed by atoms with Crippen molar-refractivity contribution < 1.29 is 0 Å². The zero-order valence-corrected chi connectivity index (χ0v) is 12.7. The zero-order chi connectivity index (χ0) is 13.8. The van der Waals surface area contributed by atoms with Crippen molar-refractivity contribution in [3.63, 3.8) is 0 Å². The SMILES string of the molecule is CNc1nc(Cl)nc(N(Cc2cccs2)C(C)C)n1. The number of rotatable bonds is 5. The maximum absolute atomic E-state index is 5.93. The minimum Gasteiger partial charge on any atom is -0.357 e. The molecule has 0 saturated heterocycles. The third-order valence-electron chi connectivity index (χ3n) is 2.61. The van der Waals surface area contributed by atoms with Gasteiger partial charge in [-0.1, -0.05) is 6.07 Å². The molecule has 0 spiro atoms. The second kappa shape index (κ2) is 6.16. The van der Waals surface area contributed by atoms with E-state index in [2.05, 4.69) is 50.5 Å². The number of nitrogens with one attached hydrogen (secondary N) is 1. The van der Waals surface area contributed by atoms with Crippen molar-refractivity contribution in [2.24, 2.45) is 0 Å². The van der Waals surface area contributed by atoms with Crippen LogP contribution >= 0.6 is 22.9 Å². The second-order valence-electron chi connectivity index (χ2n) is 4.28. The third-order valence-corrected chi connectivity index (χ3v) is 3.64. The van der Waals surface area contributed by atoms with E-state index in [1.165, 1.54) is 4.88 Å². The monoisotopic (exact) mass is 297 g/mol. The Morgan fingerprint density at radius 1 is 1.37 bits per heavy atom. The molecule has 0 saturated carbocycles. The van der Waals surface area contributed by atoms with E-state index in [9.17, 15) is 0 Å². The number of anilines is 2. The van der Waals surface area contributed by atoms with Gasteiger partial charge < -0.3 is 10.2 Å². The van der Waals surface area contributed by atoms with Crippen LogP contribution in [-0.4, -0.2) is 28.0 Å². The summed E-state index contributed by atoms with van der Waals surface area (Å²) < 4.78 is 0. The Morgan fingerprint density at radius 3 is 2.74 bits per heavy atom. The average molecular weight is 298 g/mol. The summed E-state index contributed by atoms with van der Waals surface area (Å²) in [6.07, 6.45) is 0. The van der Waals surface area contributed by atoms with Gasteiger partial charge in [-0.05, 0) is 36.9 Å². The van der Waals surface area contributed by atoms with Crippen LogP contribution in [0.5, 0.6) is 0 Å². The van der Waals surface area contributed by atoms with Crippen LogP contribution in [0.15, 0.2) is 17.5 Å². The van der Waals surface area contributed by atoms with Crippen LogP contribution in [0.1, 0.15) is 18.7 Å². The van der Waals surface area contributed by atoms with E-state index in [1.54, 1.807) is 18.4 Å². The van der Waals surface area contributed by atoms with E-state index < -0.39 is 0 Å². The van der Waals surface area contributed by atoms with Gasteiger partial charge in [0.1, 0.15) is 0 Å². The summed E-state index contributed by atoms with van der Waals surface area (Å²) in [5, 5.41) is 5.15. The summed E-state index contributed by atoms with van der Waals surface area (Å²) in [6.45, 7) is 4.97. The summed E-state index contributed by atoms with van der Waals surface area (Å²) in [6, 6.07) is 4.41. The molecule has 1 N–H and O–H groups in total. The van der Waals surface area contributed by atoms with Crippen LogP contribution in [-0.2, 0) is 6.54 Å². The molecule has 102 valence electrons. The van der Waals surface area contributed by atoms with Gasteiger partial charge in [-0.25, -0.2) is 0 Å². The Kier molecular flexibility index (Phi) is 4.55. The maximum Gasteiger partial charge on any atom is 0.232 e. The molecule has 0 amide bonds. The smallest absolute Gasteiger partial charge is 0.232 e. The average Bonchev–Trinajstić information content (AvgIpc) is 2.87. The first-order valence-corrected chi connectivity index (χ1v) is 7.24. The molecule has 0 radical (unpaired) electrons. The lowest BCUT2D eigenvalue weighted by Gasteiger charge is -2.26. The van der Waals surface area contributed by atoms with Gasteiger partial charge in [-0.2, -0.15) is 15.0 Å². The molecule has 19 heavy (non-hydrogen) atoms. The van der Waals surface area contributed by atoms with Crippen molar-refractivity contribution in [2.45, 2.75) is 26.4 Å². The second-order valence-corrected chi connectivity index (χ2v) is 5.65. The maximum atomic E-state index is 5.93. The molecule has 5 nitrogen and oxygen atoms in total. The van der Waals surface area contributed by atoms with Crippen molar-refractivity contribution in [1.82, 2.24) is 15.0 Å². The van der Waals surface area contributed by atoms with Crippen LogP contribution in [0.4, 0.5) is 11.9 Å². The largest absolute Gasteiger partial charge is 0.357 e. The van der Waals surface area contributed by atoms with Gasteiger partial charge in [0.25, 0.3) is 0 Å². The highest BCUT2D eigenvalue weighted by atomic mass is 35.5. The molecule has 0 aromatic carbocycles. The number of hydrogen-bond donors (Lipinski definition) is 1. The van der Waals surface area contributed by atoms with Crippen molar-refractivity contribution >= 4 is 34.8 Å². The lowest BCUT2D eigenvalue weighted by molar-refractivity contribution is 0.663. The van der Waals surface area contributed by atoms with E-state index >= 15 is 0 Å². The number of halogens is 1. The number of hydrogen-bond acceptors (Lipinski definition) is 6. The van der Waals surface area contributed by atoms with Crippen LogP contribution in [0.3, 0.4) is 0 Å². The predicted octanol–water partition coefficient (Wildman–Crippen LogP) is 3.04. The highest BCUT2D eigenvalue weighted by molar-refractivity contribution is 7.09. The lowest BCUT2D eigenvalue weighted by Crippen LogP contribution is -2.31. The summed E-state index contributed by atoms with van der Waals surface area (Å²) in [7, 11) is 1.76. The molecular formula is C12H16ClN5S. The molecule has 2 aromatic rings. The first-order chi connectivity index (χ1) is 9.10. The molecule has 2 rings (SSSR count). The lowest BCUT2D eigenvalue weighted by atomic mass is 10.3. The minimum absolute atomic E-state index is 0.200. The van der Waals surface area contributed by atoms with Gasteiger partial charge in [0.05, 0.1) is 6.54 Å². The Balaban J connectivity index is 2.30. The quantitative estimate of drug-likeness (QED) is 0.919. The molecule has 0 unspecified atom stereocenters. The van der Waals surface area contributed by atoms with Crippen LogP contribution in [0.25, 0.3) is 0 Å². The van der Waals surface area contributed by atoms with E-state index in [0.29, 0.717) is 11.9 Å². The fourth-order valence-electron chi connectivity index (χ4n) is 1.63. The summed E-state index contributed by atoms with van der Waals surface area (Å²) in [4.78, 5) is 15.9. The van der Waals surface area contributed by atoms with E-state index in [-0.39, 0.29) is 11.3 Å². The number of nitrogens with zero attached hydrogens (tertiary/aromatic N) is 4. The molecule has 0 aliphatic carbocycles. The van der Waals surface area contributed by atoms with E-state index in [1.807, 2.05) is 6.07 Å². The van der Waals surface area contributed by atoms with E-state index in [4.69, 9.17) is 11.6 Å². The van der Waals surface area contributed by atoms with Gasteiger partial charge >= 0.3 is 0 Å². The highest BCUT2D eigenvalue weighted by Crippen LogP contribution is 2.20. The molecular weight excluding hydrogens is 282 g/mol. The van der Waals surface area contributed by atoms with Crippen LogP contribution in [0.2, 0.25) is 5.28 Å². The Hall–Kier alpha value is -1.40. The van der Waals surface area contributed by atoms with Crippen molar-refractivity contribution in [1.29, 1.82) is 0 Å². The highest BCUT2D eigenvalue weighted by Gasteiger charge is 2.16. The van der Waals surface area contributed by atoms with Gasteiger partial charge in [0.15, 0.2) is 0 Å². The first-order valence-electron chi connectivity index (χ1n) is 5.98. The molecule has 0 aliphatic heterocycles. The fourth-order valence-corrected chi connectivity index (χ4v) is 2.49. The standard InChI is InChI=1S/C12H16ClN5S/c1-8(2)18(7-9-5-4-6-19-9)12-16-10(13)15-11(14-3)17-12/h4-6,8H,7H2,1-3H3,(H,14,15,16,17). The minimum atomic E-state index is 0.200.